The van der Waals surface area contributed by atoms with Crippen molar-refractivity contribution in [3.05, 3.63) is 29.6 Å². The molecule has 0 unspecified atom stereocenters. The summed E-state index contributed by atoms with van der Waals surface area (Å²) in [6.45, 7) is 2.17. The first kappa shape index (κ1) is 12.8. The molecule has 0 saturated heterocycles. The third kappa shape index (κ3) is 3.44. The van der Waals surface area contributed by atoms with E-state index in [1.807, 2.05) is 18.0 Å². The first-order chi connectivity index (χ1) is 8.70. The highest BCUT2D eigenvalue weighted by Gasteiger charge is 2.21. The molecule has 1 aromatic carbocycles. The van der Waals surface area contributed by atoms with Gasteiger partial charge in [-0.3, -0.25) is 0 Å². The van der Waals surface area contributed by atoms with Crippen LogP contribution in [-0.4, -0.2) is 26.8 Å². The lowest BCUT2D eigenvalue weighted by atomic mass is 10.2. The van der Waals surface area contributed by atoms with E-state index in [4.69, 9.17) is 10.00 Å². The number of hydrogen-bond acceptors (Lipinski definition) is 3. The second-order valence-corrected chi connectivity index (χ2v) is 4.71. The number of nitrogens with zero attached hydrogens (tertiary/aromatic N) is 2. The molecule has 0 heterocycles. The fourth-order valence-electron chi connectivity index (χ4n) is 1.79. The van der Waals surface area contributed by atoms with Crippen LogP contribution in [0.15, 0.2) is 18.2 Å². The summed E-state index contributed by atoms with van der Waals surface area (Å²) in [6.07, 6.45) is 2.57. The number of nitriles is 1. The van der Waals surface area contributed by atoms with Crippen molar-refractivity contribution >= 4 is 5.69 Å². The fourth-order valence-corrected chi connectivity index (χ4v) is 1.79. The van der Waals surface area contributed by atoms with Crippen LogP contribution in [0.25, 0.3) is 0 Å². The minimum Gasteiger partial charge on any atom is -0.379 e. The van der Waals surface area contributed by atoms with E-state index in [-0.39, 0.29) is 5.82 Å². The normalized spacial score (nSPS) is 14.3. The predicted molar refractivity (Wildman–Crippen MR) is 67.9 cm³/mol. The van der Waals surface area contributed by atoms with Gasteiger partial charge < -0.3 is 9.64 Å². The van der Waals surface area contributed by atoms with Gasteiger partial charge in [0, 0.05) is 20.2 Å². The van der Waals surface area contributed by atoms with Gasteiger partial charge in [0.25, 0.3) is 0 Å². The van der Waals surface area contributed by atoms with E-state index >= 15 is 0 Å². The van der Waals surface area contributed by atoms with Gasteiger partial charge in [0.05, 0.1) is 17.9 Å². The van der Waals surface area contributed by atoms with E-state index in [0.717, 1.165) is 18.2 Å². The minimum absolute atomic E-state index is 0.361. The molecule has 96 valence electrons. The number of halogens is 1. The molecule has 0 atom stereocenters. The Bertz CT molecular complexity index is 452. The molecule has 0 amide bonds. The van der Waals surface area contributed by atoms with Gasteiger partial charge in [-0.15, -0.1) is 0 Å². The summed E-state index contributed by atoms with van der Waals surface area (Å²) in [5.74, 6) is 0.379. The van der Waals surface area contributed by atoms with E-state index in [9.17, 15) is 4.39 Å². The topological polar surface area (TPSA) is 36.3 Å². The second kappa shape index (κ2) is 5.83. The van der Waals surface area contributed by atoms with Gasteiger partial charge >= 0.3 is 0 Å². The molecule has 1 saturated carbocycles. The Hall–Kier alpha value is -1.60. The van der Waals surface area contributed by atoms with E-state index in [0.29, 0.717) is 18.7 Å². The molecule has 1 aromatic rings. The molecular weight excluding hydrogens is 231 g/mol. The average molecular weight is 248 g/mol. The van der Waals surface area contributed by atoms with Gasteiger partial charge in [-0.25, -0.2) is 4.39 Å². The Morgan fingerprint density at radius 3 is 2.94 bits per heavy atom. The number of rotatable bonds is 6. The zero-order valence-electron chi connectivity index (χ0n) is 10.5. The summed E-state index contributed by atoms with van der Waals surface area (Å²) in [5, 5.41) is 8.97. The van der Waals surface area contributed by atoms with Crippen molar-refractivity contribution in [2.24, 2.45) is 5.92 Å². The number of anilines is 1. The largest absolute Gasteiger partial charge is 0.379 e. The van der Waals surface area contributed by atoms with Crippen LogP contribution >= 0.6 is 0 Å². The van der Waals surface area contributed by atoms with Crippen LogP contribution in [-0.2, 0) is 4.74 Å². The van der Waals surface area contributed by atoms with Crippen molar-refractivity contribution in [3.8, 4) is 6.07 Å². The maximum Gasteiger partial charge on any atom is 0.124 e. The van der Waals surface area contributed by atoms with E-state index < -0.39 is 0 Å². The second-order valence-electron chi connectivity index (χ2n) is 4.71. The molecular formula is C14H17FN2O. The average Bonchev–Trinajstić information content (AvgIpc) is 3.18. The zero-order valence-corrected chi connectivity index (χ0v) is 10.5. The number of ether oxygens (including phenoxy) is 1. The third-order valence-corrected chi connectivity index (χ3v) is 3.11. The van der Waals surface area contributed by atoms with Crippen LogP contribution in [0.5, 0.6) is 0 Å². The highest BCUT2D eigenvalue weighted by atomic mass is 19.1. The SMILES string of the molecule is CN(CCOCC1CC1)c1ccc(F)cc1C#N. The molecule has 3 nitrogen and oxygen atoms in total. The van der Waals surface area contributed by atoms with Crippen LogP contribution in [0.4, 0.5) is 10.1 Å². The van der Waals surface area contributed by atoms with Gasteiger partial charge in [-0.1, -0.05) is 0 Å². The van der Waals surface area contributed by atoms with Crippen LogP contribution in [0, 0.1) is 23.1 Å². The van der Waals surface area contributed by atoms with Crippen molar-refractivity contribution < 1.29 is 9.13 Å². The molecule has 0 spiro atoms. The fraction of sp³-hybridized carbons (Fsp3) is 0.500. The molecule has 0 bridgehead atoms. The third-order valence-electron chi connectivity index (χ3n) is 3.11. The molecule has 0 aliphatic heterocycles. The van der Waals surface area contributed by atoms with Crippen LogP contribution in [0.1, 0.15) is 18.4 Å². The van der Waals surface area contributed by atoms with Gasteiger partial charge in [0.15, 0.2) is 0 Å². The van der Waals surface area contributed by atoms with Crippen LogP contribution in [0.2, 0.25) is 0 Å². The first-order valence-corrected chi connectivity index (χ1v) is 6.19. The molecule has 0 N–H and O–H groups in total. The van der Waals surface area contributed by atoms with Crippen molar-refractivity contribution in [3.63, 3.8) is 0 Å². The Morgan fingerprint density at radius 2 is 2.28 bits per heavy atom. The molecule has 0 aromatic heterocycles. The number of hydrogen-bond donors (Lipinski definition) is 0. The molecule has 2 rings (SSSR count). The first-order valence-electron chi connectivity index (χ1n) is 6.19. The lowest BCUT2D eigenvalue weighted by molar-refractivity contribution is 0.131. The van der Waals surface area contributed by atoms with Gasteiger partial charge in [0.2, 0.25) is 0 Å². The molecule has 1 aliphatic rings. The van der Waals surface area contributed by atoms with Crippen LogP contribution in [0.3, 0.4) is 0 Å². The van der Waals surface area contributed by atoms with Crippen molar-refractivity contribution in [1.82, 2.24) is 0 Å². The summed E-state index contributed by atoms with van der Waals surface area (Å²) in [5.41, 5.74) is 1.11. The quantitative estimate of drug-likeness (QED) is 0.726. The highest BCUT2D eigenvalue weighted by molar-refractivity contribution is 5.58. The molecule has 4 heteroatoms. The van der Waals surface area contributed by atoms with E-state index in [1.54, 1.807) is 6.07 Å². The van der Waals surface area contributed by atoms with Gasteiger partial charge in [-0.2, -0.15) is 5.26 Å². The Morgan fingerprint density at radius 1 is 1.50 bits per heavy atom. The van der Waals surface area contributed by atoms with Gasteiger partial charge in [-0.05, 0) is 37.0 Å². The molecule has 1 fully saturated rings. The summed E-state index contributed by atoms with van der Waals surface area (Å²) >= 11 is 0. The standard InChI is InChI=1S/C14H17FN2O/c1-17(6-7-18-10-11-2-3-11)14-5-4-13(15)8-12(14)9-16/h4-5,8,11H,2-3,6-7,10H2,1H3. The summed E-state index contributed by atoms with van der Waals surface area (Å²) < 4.78 is 18.6. The predicted octanol–water partition coefficient (Wildman–Crippen LogP) is 2.56. The molecule has 1 aliphatic carbocycles. The Labute approximate surface area is 107 Å². The lowest BCUT2D eigenvalue weighted by Gasteiger charge is -2.20. The summed E-state index contributed by atoms with van der Waals surface area (Å²) in [7, 11) is 1.88. The minimum atomic E-state index is -0.381. The number of benzene rings is 1. The van der Waals surface area contributed by atoms with E-state index in [1.165, 1.54) is 25.0 Å². The number of likely N-dealkylation sites (N-methyl/N-ethyl adjacent to an activating group) is 1. The smallest absolute Gasteiger partial charge is 0.124 e. The molecule has 0 radical (unpaired) electrons. The van der Waals surface area contributed by atoms with Crippen molar-refractivity contribution in [2.45, 2.75) is 12.8 Å². The Kier molecular flexibility index (Phi) is 4.16. The highest BCUT2D eigenvalue weighted by Crippen LogP contribution is 2.28. The lowest BCUT2D eigenvalue weighted by Crippen LogP contribution is -2.23. The molecule has 18 heavy (non-hydrogen) atoms. The van der Waals surface area contributed by atoms with Crippen LogP contribution < -0.4 is 4.90 Å². The van der Waals surface area contributed by atoms with E-state index in [2.05, 4.69) is 0 Å². The summed E-state index contributed by atoms with van der Waals surface area (Å²) in [6, 6.07) is 6.28. The Balaban J connectivity index is 1.86. The maximum atomic E-state index is 13.0. The maximum absolute atomic E-state index is 13.0. The zero-order chi connectivity index (χ0) is 13.0. The van der Waals surface area contributed by atoms with Gasteiger partial charge in [0.1, 0.15) is 11.9 Å². The van der Waals surface area contributed by atoms with Crippen molar-refractivity contribution in [1.29, 1.82) is 5.26 Å². The summed E-state index contributed by atoms with van der Waals surface area (Å²) in [4.78, 5) is 1.92. The monoisotopic (exact) mass is 248 g/mol. The van der Waals surface area contributed by atoms with Crippen molar-refractivity contribution in [2.75, 3.05) is 31.7 Å².